The Morgan fingerprint density at radius 1 is 1.42 bits per heavy atom. The van der Waals surface area contributed by atoms with E-state index < -0.39 is 0 Å². The van der Waals surface area contributed by atoms with Crippen molar-refractivity contribution in [2.24, 2.45) is 0 Å². The summed E-state index contributed by atoms with van der Waals surface area (Å²) >= 11 is 1.60. The minimum Gasteiger partial charge on any atom is -0.465 e. The molecule has 4 nitrogen and oxygen atoms in total. The Morgan fingerprint density at radius 2 is 2.16 bits per heavy atom. The Labute approximate surface area is 117 Å². The molecule has 0 aliphatic carbocycles. The van der Waals surface area contributed by atoms with Crippen molar-refractivity contribution in [3.8, 4) is 0 Å². The van der Waals surface area contributed by atoms with Crippen LogP contribution in [0, 0.1) is 0 Å². The van der Waals surface area contributed by atoms with E-state index in [4.69, 9.17) is 4.74 Å². The molecular formula is C14H18N2O2S. The van der Waals surface area contributed by atoms with Crippen LogP contribution < -0.4 is 4.90 Å². The summed E-state index contributed by atoms with van der Waals surface area (Å²) in [5.74, 6) is -0.213. The van der Waals surface area contributed by atoms with E-state index in [1.165, 1.54) is 0 Å². The van der Waals surface area contributed by atoms with E-state index in [1.807, 2.05) is 49.9 Å². The first-order valence-corrected chi connectivity index (χ1v) is 7.21. The molecule has 2 aromatic rings. The van der Waals surface area contributed by atoms with Gasteiger partial charge in [-0.15, -0.1) is 0 Å². The van der Waals surface area contributed by atoms with Gasteiger partial charge in [0.15, 0.2) is 5.13 Å². The normalized spacial score (nSPS) is 10.9. The molecule has 0 spiro atoms. The third-order valence-electron chi connectivity index (χ3n) is 2.76. The van der Waals surface area contributed by atoms with E-state index in [0.717, 1.165) is 15.3 Å². The summed E-state index contributed by atoms with van der Waals surface area (Å²) in [6.45, 7) is 6.56. The zero-order valence-corrected chi connectivity index (χ0v) is 12.2. The highest BCUT2D eigenvalue weighted by Gasteiger charge is 2.19. The van der Waals surface area contributed by atoms with Crippen molar-refractivity contribution in [3.05, 3.63) is 24.3 Å². The maximum atomic E-state index is 11.7. The molecule has 0 fully saturated rings. The smallest absolute Gasteiger partial charge is 0.325 e. The van der Waals surface area contributed by atoms with Crippen LogP contribution >= 0.6 is 11.3 Å². The largest absolute Gasteiger partial charge is 0.465 e. The van der Waals surface area contributed by atoms with Crippen molar-refractivity contribution in [1.82, 2.24) is 4.98 Å². The maximum absolute atomic E-state index is 11.7. The second-order valence-electron chi connectivity index (χ2n) is 4.49. The monoisotopic (exact) mass is 278 g/mol. The molecule has 5 heteroatoms. The standard InChI is InChI=1S/C14H18N2O2S/c1-4-18-13(17)9-16(10(2)3)14-15-11-7-5-6-8-12(11)19-14/h5-8,10H,4,9H2,1-3H3. The number of aromatic nitrogens is 1. The number of thiazole rings is 1. The lowest BCUT2D eigenvalue weighted by molar-refractivity contribution is -0.141. The molecule has 0 bridgehead atoms. The zero-order valence-electron chi connectivity index (χ0n) is 11.4. The highest BCUT2D eigenvalue weighted by Crippen LogP contribution is 2.29. The molecule has 0 amide bonds. The summed E-state index contributed by atoms with van der Waals surface area (Å²) in [6, 6.07) is 8.19. The van der Waals surface area contributed by atoms with Gasteiger partial charge >= 0.3 is 5.97 Å². The Hall–Kier alpha value is -1.62. The van der Waals surface area contributed by atoms with Crippen molar-refractivity contribution in [2.45, 2.75) is 26.8 Å². The van der Waals surface area contributed by atoms with Crippen LogP contribution in [0.4, 0.5) is 5.13 Å². The number of carbonyl (C=O) groups excluding carboxylic acids is 1. The Kier molecular flexibility index (Phi) is 4.37. The van der Waals surface area contributed by atoms with Crippen molar-refractivity contribution >= 4 is 32.7 Å². The average Bonchev–Trinajstić information content (AvgIpc) is 2.79. The van der Waals surface area contributed by atoms with Crippen LogP contribution in [0.15, 0.2) is 24.3 Å². The molecule has 0 aliphatic heterocycles. The lowest BCUT2D eigenvalue weighted by atomic mass is 10.3. The van der Waals surface area contributed by atoms with Crippen LogP contribution in [-0.2, 0) is 9.53 Å². The summed E-state index contributed by atoms with van der Waals surface area (Å²) in [4.78, 5) is 18.2. The number of anilines is 1. The number of nitrogens with zero attached hydrogens (tertiary/aromatic N) is 2. The van der Waals surface area contributed by atoms with E-state index in [1.54, 1.807) is 11.3 Å². The third-order valence-corrected chi connectivity index (χ3v) is 3.83. The molecular weight excluding hydrogens is 260 g/mol. The molecule has 102 valence electrons. The Morgan fingerprint density at radius 3 is 2.79 bits per heavy atom. The van der Waals surface area contributed by atoms with Gasteiger partial charge in [-0.1, -0.05) is 23.5 Å². The fourth-order valence-corrected chi connectivity index (χ4v) is 2.90. The highest BCUT2D eigenvalue weighted by atomic mass is 32.1. The van der Waals surface area contributed by atoms with Gasteiger partial charge in [-0.3, -0.25) is 4.79 Å². The SMILES string of the molecule is CCOC(=O)CN(c1nc2ccccc2s1)C(C)C. The molecule has 0 unspecified atom stereocenters. The predicted molar refractivity (Wildman–Crippen MR) is 78.7 cm³/mol. The lowest BCUT2D eigenvalue weighted by Crippen LogP contribution is -2.36. The molecule has 19 heavy (non-hydrogen) atoms. The van der Waals surface area contributed by atoms with E-state index in [-0.39, 0.29) is 18.6 Å². The van der Waals surface area contributed by atoms with Crippen LogP contribution in [0.2, 0.25) is 0 Å². The van der Waals surface area contributed by atoms with Crippen molar-refractivity contribution in [3.63, 3.8) is 0 Å². The summed E-state index contributed by atoms with van der Waals surface area (Å²) < 4.78 is 6.15. The van der Waals surface area contributed by atoms with Crippen molar-refractivity contribution < 1.29 is 9.53 Å². The summed E-state index contributed by atoms with van der Waals surface area (Å²) in [5.41, 5.74) is 0.969. The minimum atomic E-state index is -0.213. The van der Waals surface area contributed by atoms with E-state index in [2.05, 4.69) is 4.98 Å². The Balaban J connectivity index is 2.25. The third kappa shape index (κ3) is 3.23. The summed E-state index contributed by atoms with van der Waals surface area (Å²) in [6.07, 6.45) is 0. The van der Waals surface area contributed by atoms with Crippen LogP contribution in [0.1, 0.15) is 20.8 Å². The first-order chi connectivity index (χ1) is 9.11. The molecule has 0 aliphatic rings. The minimum absolute atomic E-state index is 0.199. The van der Waals surface area contributed by atoms with Gasteiger partial charge in [0.25, 0.3) is 0 Å². The zero-order chi connectivity index (χ0) is 13.8. The fraction of sp³-hybridized carbons (Fsp3) is 0.429. The van der Waals surface area contributed by atoms with Gasteiger partial charge in [-0.2, -0.15) is 0 Å². The molecule has 0 saturated heterocycles. The van der Waals surface area contributed by atoms with E-state index in [0.29, 0.717) is 6.61 Å². The van der Waals surface area contributed by atoms with Crippen LogP contribution in [0.3, 0.4) is 0 Å². The molecule has 0 radical (unpaired) electrons. The number of benzene rings is 1. The first-order valence-electron chi connectivity index (χ1n) is 6.39. The van der Waals surface area contributed by atoms with Crippen molar-refractivity contribution in [1.29, 1.82) is 0 Å². The number of hydrogen-bond acceptors (Lipinski definition) is 5. The predicted octanol–water partition coefficient (Wildman–Crippen LogP) is 3.07. The molecule has 2 rings (SSSR count). The number of hydrogen-bond donors (Lipinski definition) is 0. The van der Waals surface area contributed by atoms with Gasteiger partial charge in [0.1, 0.15) is 6.54 Å². The second kappa shape index (κ2) is 6.02. The number of carbonyl (C=O) groups is 1. The van der Waals surface area contributed by atoms with Gasteiger partial charge in [0, 0.05) is 6.04 Å². The summed E-state index contributed by atoms with van der Waals surface area (Å²) in [5, 5.41) is 0.865. The topological polar surface area (TPSA) is 42.4 Å². The van der Waals surface area contributed by atoms with Crippen LogP contribution in [0.25, 0.3) is 10.2 Å². The van der Waals surface area contributed by atoms with Gasteiger partial charge in [0.05, 0.1) is 16.8 Å². The van der Waals surface area contributed by atoms with Crippen LogP contribution in [0.5, 0.6) is 0 Å². The average molecular weight is 278 g/mol. The van der Waals surface area contributed by atoms with E-state index in [9.17, 15) is 4.79 Å². The van der Waals surface area contributed by atoms with Gasteiger partial charge in [-0.25, -0.2) is 4.98 Å². The first kappa shape index (κ1) is 13.8. The molecule has 0 saturated carbocycles. The highest BCUT2D eigenvalue weighted by molar-refractivity contribution is 7.22. The molecule has 1 aromatic heterocycles. The van der Waals surface area contributed by atoms with Gasteiger partial charge < -0.3 is 9.64 Å². The van der Waals surface area contributed by atoms with Gasteiger partial charge in [0.2, 0.25) is 0 Å². The van der Waals surface area contributed by atoms with Crippen molar-refractivity contribution in [2.75, 3.05) is 18.1 Å². The summed E-state index contributed by atoms with van der Waals surface area (Å²) in [7, 11) is 0. The number of rotatable bonds is 5. The number of esters is 1. The quantitative estimate of drug-likeness (QED) is 0.788. The number of para-hydroxylation sites is 1. The number of fused-ring (bicyclic) bond motifs is 1. The fourth-order valence-electron chi connectivity index (χ4n) is 1.80. The second-order valence-corrected chi connectivity index (χ2v) is 5.50. The molecule has 0 atom stereocenters. The Bertz CT molecular complexity index is 532. The molecule has 1 aromatic carbocycles. The number of ether oxygens (including phenoxy) is 1. The maximum Gasteiger partial charge on any atom is 0.325 e. The van der Waals surface area contributed by atoms with E-state index >= 15 is 0 Å². The molecule has 1 heterocycles. The molecule has 0 N–H and O–H groups in total. The lowest BCUT2D eigenvalue weighted by Gasteiger charge is -2.24. The van der Waals surface area contributed by atoms with Gasteiger partial charge in [-0.05, 0) is 32.9 Å². The van der Waals surface area contributed by atoms with Crippen LogP contribution in [-0.4, -0.2) is 30.1 Å².